The highest BCUT2D eigenvalue weighted by Crippen LogP contribution is 2.10. The number of aromatic nitrogens is 2. The van der Waals surface area contributed by atoms with Crippen molar-refractivity contribution in [3.8, 4) is 0 Å². The molecule has 2 heteroatoms. The van der Waals surface area contributed by atoms with Gasteiger partial charge in [-0.2, -0.15) is 0 Å². The molecule has 0 spiro atoms. The van der Waals surface area contributed by atoms with Gasteiger partial charge >= 0.3 is 0 Å². The molecule has 0 amide bonds. The van der Waals surface area contributed by atoms with Gasteiger partial charge in [0.05, 0.1) is 13.1 Å². The van der Waals surface area contributed by atoms with E-state index >= 15 is 0 Å². The van der Waals surface area contributed by atoms with Gasteiger partial charge in [-0.15, -0.1) is 0 Å². The molecule has 0 aliphatic carbocycles. The molecule has 0 radical (unpaired) electrons. The zero-order chi connectivity index (χ0) is 17.5. The Labute approximate surface area is 151 Å². The van der Waals surface area contributed by atoms with Crippen LogP contribution in [-0.2, 0) is 19.5 Å². The number of aryl methyl sites for hydroxylation is 2. The highest BCUT2D eigenvalue weighted by atomic mass is 15.1. The highest BCUT2D eigenvalue weighted by Gasteiger charge is 2.16. The molecule has 1 aromatic rings. The molecule has 0 bridgehead atoms. The molecule has 1 heterocycles. The quantitative estimate of drug-likeness (QED) is 0.242. The van der Waals surface area contributed by atoms with E-state index in [1.807, 2.05) is 0 Å². The Morgan fingerprint density at radius 1 is 0.708 bits per heavy atom. The topological polar surface area (TPSA) is 8.81 Å². The molecule has 0 saturated heterocycles. The van der Waals surface area contributed by atoms with Crippen molar-refractivity contribution in [2.75, 3.05) is 0 Å². The molecule has 0 aliphatic heterocycles. The Kier molecular flexibility index (Phi) is 12.9. The number of unbranched alkanes of at least 4 members (excludes halogenated alkanes) is 10. The van der Waals surface area contributed by atoms with E-state index in [-0.39, 0.29) is 0 Å². The molecular formula is C22H43N2+. The van der Waals surface area contributed by atoms with Gasteiger partial charge in [-0.3, -0.25) is 0 Å². The predicted octanol–water partition coefficient (Wildman–Crippen LogP) is 6.45. The normalized spacial score (nSPS) is 11.3. The third-order valence-corrected chi connectivity index (χ3v) is 5.10. The first-order chi connectivity index (χ1) is 11.8. The van der Waals surface area contributed by atoms with E-state index in [2.05, 4.69) is 42.3 Å². The van der Waals surface area contributed by atoms with Gasteiger partial charge in [0, 0.05) is 6.42 Å². The largest absolute Gasteiger partial charge is 0.256 e. The van der Waals surface area contributed by atoms with E-state index in [1.54, 1.807) is 5.82 Å². The maximum absolute atomic E-state index is 2.55. The molecule has 140 valence electrons. The summed E-state index contributed by atoms with van der Waals surface area (Å²) >= 11 is 0. The fourth-order valence-corrected chi connectivity index (χ4v) is 3.50. The van der Waals surface area contributed by atoms with Crippen LogP contribution in [0.2, 0.25) is 0 Å². The summed E-state index contributed by atoms with van der Waals surface area (Å²) in [4.78, 5) is 0. The van der Waals surface area contributed by atoms with E-state index in [4.69, 9.17) is 0 Å². The Morgan fingerprint density at radius 2 is 1.29 bits per heavy atom. The molecule has 0 aromatic carbocycles. The minimum atomic E-state index is 1.21. The number of imidazole rings is 1. The fraction of sp³-hybridized carbons (Fsp3) is 0.864. The SMILES string of the molecule is CCCCCCCc1n(CCCCC)cc[n+]1CCCCCCC. The van der Waals surface area contributed by atoms with Crippen LogP contribution in [0.3, 0.4) is 0 Å². The van der Waals surface area contributed by atoms with E-state index < -0.39 is 0 Å². The van der Waals surface area contributed by atoms with Gasteiger partial charge in [-0.1, -0.05) is 72.1 Å². The van der Waals surface area contributed by atoms with Crippen molar-refractivity contribution in [2.45, 2.75) is 124 Å². The zero-order valence-corrected chi connectivity index (χ0v) is 16.9. The Bertz CT molecular complexity index is 395. The van der Waals surface area contributed by atoms with E-state index in [9.17, 15) is 0 Å². The van der Waals surface area contributed by atoms with Crippen LogP contribution in [0.25, 0.3) is 0 Å². The number of rotatable bonds is 16. The summed E-state index contributed by atoms with van der Waals surface area (Å²) in [5.74, 6) is 1.58. The molecule has 0 fully saturated rings. The second-order valence-electron chi connectivity index (χ2n) is 7.39. The minimum Gasteiger partial charge on any atom is -0.234 e. The first kappa shape index (κ1) is 21.3. The van der Waals surface area contributed by atoms with Crippen molar-refractivity contribution in [1.82, 2.24) is 4.57 Å². The third-order valence-electron chi connectivity index (χ3n) is 5.10. The summed E-state index contributed by atoms with van der Waals surface area (Å²) in [6.07, 6.45) is 23.7. The van der Waals surface area contributed by atoms with E-state index in [0.29, 0.717) is 0 Å². The summed E-state index contributed by atoms with van der Waals surface area (Å²) < 4.78 is 5.10. The second kappa shape index (κ2) is 14.5. The lowest BCUT2D eigenvalue weighted by atomic mass is 10.1. The standard InChI is InChI=1S/C22H43N2/c1-4-7-10-12-14-17-22-23(18-15-9-6-3)20-21-24(22)19-16-13-11-8-5-2/h20-21H,4-19H2,1-3H3/q+1. The van der Waals surface area contributed by atoms with E-state index in [1.165, 1.54) is 103 Å². The molecule has 0 N–H and O–H groups in total. The number of nitrogens with zero attached hydrogens (tertiary/aromatic N) is 2. The maximum atomic E-state index is 2.55. The summed E-state index contributed by atoms with van der Waals surface area (Å²) in [5, 5.41) is 0. The Balaban J connectivity index is 2.49. The average Bonchev–Trinajstić information content (AvgIpc) is 2.97. The molecule has 0 atom stereocenters. The summed E-state index contributed by atoms with van der Waals surface area (Å²) in [6.45, 7) is 9.31. The van der Waals surface area contributed by atoms with Gasteiger partial charge in [0.15, 0.2) is 0 Å². The molecule has 1 rings (SSSR count). The number of hydrogen-bond acceptors (Lipinski definition) is 0. The van der Waals surface area contributed by atoms with Crippen molar-refractivity contribution in [3.63, 3.8) is 0 Å². The Hall–Kier alpha value is -0.790. The summed E-state index contributed by atoms with van der Waals surface area (Å²) in [6, 6.07) is 0. The van der Waals surface area contributed by atoms with Gasteiger partial charge in [0.25, 0.3) is 5.82 Å². The lowest BCUT2D eigenvalue weighted by Crippen LogP contribution is -2.37. The maximum Gasteiger partial charge on any atom is 0.256 e. The molecule has 0 unspecified atom stereocenters. The minimum absolute atomic E-state index is 1.21. The fourth-order valence-electron chi connectivity index (χ4n) is 3.50. The first-order valence-corrected chi connectivity index (χ1v) is 10.9. The van der Waals surface area contributed by atoms with Crippen molar-refractivity contribution in [2.24, 2.45) is 0 Å². The van der Waals surface area contributed by atoms with Gasteiger partial charge in [-0.05, 0) is 32.1 Å². The molecular weight excluding hydrogens is 292 g/mol. The van der Waals surface area contributed by atoms with Crippen LogP contribution in [-0.4, -0.2) is 4.57 Å². The zero-order valence-electron chi connectivity index (χ0n) is 16.9. The first-order valence-electron chi connectivity index (χ1n) is 10.9. The summed E-state index contributed by atoms with van der Waals surface area (Å²) in [7, 11) is 0. The average molecular weight is 336 g/mol. The number of hydrogen-bond donors (Lipinski definition) is 0. The monoisotopic (exact) mass is 335 g/mol. The molecule has 1 aromatic heterocycles. The van der Waals surface area contributed by atoms with Crippen molar-refractivity contribution in [3.05, 3.63) is 18.2 Å². The van der Waals surface area contributed by atoms with Crippen LogP contribution in [0, 0.1) is 0 Å². The van der Waals surface area contributed by atoms with Crippen molar-refractivity contribution >= 4 is 0 Å². The van der Waals surface area contributed by atoms with Crippen molar-refractivity contribution in [1.29, 1.82) is 0 Å². The van der Waals surface area contributed by atoms with Gasteiger partial charge in [0.1, 0.15) is 12.4 Å². The molecule has 0 saturated carbocycles. The molecule has 24 heavy (non-hydrogen) atoms. The Morgan fingerprint density at radius 3 is 1.96 bits per heavy atom. The van der Waals surface area contributed by atoms with Crippen LogP contribution in [0.1, 0.15) is 110 Å². The van der Waals surface area contributed by atoms with Crippen LogP contribution in [0.5, 0.6) is 0 Å². The lowest BCUT2D eigenvalue weighted by Gasteiger charge is -2.06. The molecule has 0 aliphatic rings. The predicted molar refractivity (Wildman–Crippen MR) is 105 cm³/mol. The third kappa shape index (κ3) is 8.89. The highest BCUT2D eigenvalue weighted by molar-refractivity contribution is 4.84. The van der Waals surface area contributed by atoms with Crippen LogP contribution < -0.4 is 4.57 Å². The lowest BCUT2D eigenvalue weighted by molar-refractivity contribution is -0.704. The molecule has 2 nitrogen and oxygen atoms in total. The van der Waals surface area contributed by atoms with Crippen LogP contribution in [0.4, 0.5) is 0 Å². The van der Waals surface area contributed by atoms with Crippen LogP contribution in [0.15, 0.2) is 12.4 Å². The van der Waals surface area contributed by atoms with Crippen molar-refractivity contribution < 1.29 is 4.57 Å². The summed E-state index contributed by atoms with van der Waals surface area (Å²) in [5.41, 5.74) is 0. The van der Waals surface area contributed by atoms with E-state index in [0.717, 1.165) is 0 Å². The van der Waals surface area contributed by atoms with Gasteiger partial charge in [0.2, 0.25) is 0 Å². The second-order valence-corrected chi connectivity index (χ2v) is 7.39. The smallest absolute Gasteiger partial charge is 0.234 e. The van der Waals surface area contributed by atoms with Gasteiger partial charge in [-0.25, -0.2) is 9.13 Å². The van der Waals surface area contributed by atoms with Crippen LogP contribution >= 0.6 is 0 Å². The van der Waals surface area contributed by atoms with Gasteiger partial charge < -0.3 is 0 Å².